The Bertz CT molecular complexity index is 2490. The number of nitrogens with one attached hydrogen (secondary N) is 6. The highest BCUT2D eigenvalue weighted by molar-refractivity contribution is 7.99. The number of ether oxygens (including phenoxy) is 1. The van der Waals surface area contributed by atoms with Gasteiger partial charge in [-0.1, -0.05) is 38.0 Å². The van der Waals surface area contributed by atoms with E-state index in [2.05, 4.69) is 49.9 Å². The molecule has 2 aromatic rings. The van der Waals surface area contributed by atoms with Crippen LogP contribution in [-0.2, 0) is 49.2 Å². The van der Waals surface area contributed by atoms with Crippen LogP contribution < -0.4 is 34.9 Å². The summed E-state index contributed by atoms with van der Waals surface area (Å²) in [5, 5.41) is 6.69. The first-order valence-corrected chi connectivity index (χ1v) is 23.1. The quantitative estimate of drug-likeness (QED) is 0.0432. The van der Waals surface area contributed by atoms with E-state index in [-0.39, 0.29) is 124 Å². The van der Waals surface area contributed by atoms with Gasteiger partial charge < -0.3 is 20.7 Å². The Hall–Kier alpha value is -4.99. The molecule has 0 saturated heterocycles. The lowest BCUT2D eigenvalue weighted by atomic mass is 9.78. The van der Waals surface area contributed by atoms with Crippen molar-refractivity contribution < 1.29 is 49.2 Å². The molecule has 6 N–H and O–H groups in total. The van der Waals surface area contributed by atoms with Crippen molar-refractivity contribution in [2.24, 2.45) is 0 Å². The van der Waals surface area contributed by atoms with E-state index in [1.807, 2.05) is 0 Å². The number of amides is 3. The maximum Gasteiger partial charge on any atom is 0.308 e. The molecule has 0 spiro atoms. The third-order valence-electron chi connectivity index (χ3n) is 9.21. The van der Waals surface area contributed by atoms with Crippen LogP contribution in [0.25, 0.3) is 21.8 Å². The van der Waals surface area contributed by atoms with Crippen LogP contribution in [0.3, 0.4) is 0 Å². The van der Waals surface area contributed by atoms with Gasteiger partial charge in [0.1, 0.15) is 11.0 Å². The van der Waals surface area contributed by atoms with Gasteiger partial charge in [-0.05, 0) is 68.7 Å². The Labute approximate surface area is 345 Å². The molecule has 2 aliphatic carbocycles. The molecule has 320 valence electrons. The minimum atomic E-state index is -4.47. The molecule has 2 aliphatic rings. The Morgan fingerprint density at radius 2 is 1.17 bits per heavy atom. The molecule has 0 heterocycles. The van der Waals surface area contributed by atoms with Crippen molar-refractivity contribution >= 4 is 75.5 Å². The molecule has 0 bridgehead atoms. The van der Waals surface area contributed by atoms with Crippen molar-refractivity contribution in [1.82, 2.24) is 30.1 Å². The topological polar surface area (TPSA) is 252 Å². The molecular weight excluding hydrogens is 825 g/mol. The summed E-state index contributed by atoms with van der Waals surface area (Å²) in [5.74, 6) is -3.17. The normalized spacial score (nSPS) is 15.8. The fourth-order valence-corrected chi connectivity index (χ4v) is 10.6. The van der Waals surface area contributed by atoms with Gasteiger partial charge in [0, 0.05) is 85.8 Å². The van der Waals surface area contributed by atoms with Crippen LogP contribution in [0.2, 0.25) is 0 Å². The number of allylic oxidation sites excluding steroid dienone is 1. The fourth-order valence-electron chi connectivity index (χ4n) is 6.33. The molecule has 0 radical (unpaired) electrons. The first-order valence-electron chi connectivity index (χ1n) is 18.6. The molecular formula is C39H50N6O11S3. The second-order valence-corrected chi connectivity index (χ2v) is 19.5. The van der Waals surface area contributed by atoms with Crippen molar-refractivity contribution in [3.63, 3.8) is 0 Å². The standard InChI is InChI=1S/C39H50N6O11S3/c1-23(2)37(47)40-15-8-18-43-57(50,51)32-21-31(56-26(7)46)27-11-12-29-33(58(52,53)44-19-9-16-41-38(48)24(3)4)22-34(30-14-13-28(32)35(27)36(29)30)59(54,55)45-20-10-17-42-39(49)25(5)6/h11-14,21-22,30,34,43-45H,1,3,5,8-10,15-20H2,2,4,6-7H3,(H,40,47)(H,41,48)(H,42,49). The molecule has 0 saturated carbocycles. The van der Waals surface area contributed by atoms with Crippen LogP contribution in [0.5, 0.6) is 5.75 Å². The maximum atomic E-state index is 14.1. The number of carbonyl (C=O) groups is 4. The average Bonchev–Trinajstić information content (AvgIpc) is 3.15. The van der Waals surface area contributed by atoms with Crippen LogP contribution in [-0.4, -0.2) is 93.5 Å². The van der Waals surface area contributed by atoms with Gasteiger partial charge in [-0.25, -0.2) is 39.4 Å². The van der Waals surface area contributed by atoms with E-state index in [1.54, 1.807) is 0 Å². The van der Waals surface area contributed by atoms with Crippen molar-refractivity contribution in [1.29, 1.82) is 0 Å². The van der Waals surface area contributed by atoms with E-state index in [9.17, 15) is 44.4 Å². The molecule has 17 nitrogen and oxygen atoms in total. The number of carbonyl (C=O) groups excluding carboxylic acids is 4. The van der Waals surface area contributed by atoms with Gasteiger partial charge in [0.25, 0.3) is 0 Å². The molecule has 0 aromatic heterocycles. The van der Waals surface area contributed by atoms with Crippen molar-refractivity contribution in [3.8, 4) is 5.75 Å². The van der Waals surface area contributed by atoms with Crippen LogP contribution in [0.4, 0.5) is 0 Å². The van der Waals surface area contributed by atoms with E-state index in [0.717, 1.165) is 13.0 Å². The molecule has 0 aliphatic heterocycles. The first kappa shape index (κ1) is 46.7. The Morgan fingerprint density at radius 1 is 0.678 bits per heavy atom. The fraction of sp³-hybridized carbons (Fsp3) is 0.385. The highest BCUT2D eigenvalue weighted by Gasteiger charge is 2.43. The number of sulfonamides is 3. The first-order chi connectivity index (χ1) is 27.6. The summed E-state index contributed by atoms with van der Waals surface area (Å²) < 4.78 is 97.4. The minimum absolute atomic E-state index is 0.0923. The SMILES string of the molecule is C=C(C)C(=O)NCCCNS(=O)(=O)C1=CC(S(=O)(=O)NCCCNC(=O)C(=C)C)C2C=Cc3c(S(=O)(=O)NCCCNC(=O)C(=C)C)cc(OC(C)=O)c4ccc1c2c34. The zero-order valence-corrected chi connectivity index (χ0v) is 35.8. The lowest BCUT2D eigenvalue weighted by Gasteiger charge is -2.34. The minimum Gasteiger partial charge on any atom is -0.426 e. The van der Waals surface area contributed by atoms with Crippen molar-refractivity contribution in [2.45, 2.75) is 63.0 Å². The zero-order valence-electron chi connectivity index (χ0n) is 33.3. The molecule has 2 aromatic carbocycles. The largest absolute Gasteiger partial charge is 0.426 e. The lowest BCUT2D eigenvalue weighted by molar-refractivity contribution is -0.131. The van der Waals surface area contributed by atoms with Crippen LogP contribution in [0.15, 0.2) is 71.7 Å². The van der Waals surface area contributed by atoms with Gasteiger partial charge in [0.2, 0.25) is 47.8 Å². The third-order valence-corrected chi connectivity index (χ3v) is 14.0. The van der Waals surface area contributed by atoms with E-state index in [0.29, 0.717) is 0 Å². The number of hydrogen-bond acceptors (Lipinski definition) is 11. The predicted octanol–water partition coefficient (Wildman–Crippen LogP) is 1.96. The Balaban J connectivity index is 1.81. The van der Waals surface area contributed by atoms with Gasteiger partial charge in [-0.15, -0.1) is 0 Å². The van der Waals surface area contributed by atoms with Crippen molar-refractivity contribution in [2.75, 3.05) is 39.3 Å². The summed E-state index contributed by atoms with van der Waals surface area (Å²) >= 11 is 0. The number of rotatable bonds is 22. The average molecular weight is 875 g/mol. The summed E-state index contributed by atoms with van der Waals surface area (Å²) in [4.78, 5) is 47.3. The van der Waals surface area contributed by atoms with Gasteiger partial charge in [-0.3, -0.25) is 19.2 Å². The molecule has 20 heteroatoms. The monoisotopic (exact) mass is 874 g/mol. The zero-order chi connectivity index (χ0) is 43.9. The van der Waals surface area contributed by atoms with Gasteiger partial charge in [0.15, 0.2) is 0 Å². The lowest BCUT2D eigenvalue weighted by Crippen LogP contribution is -2.41. The van der Waals surface area contributed by atoms with E-state index in [4.69, 9.17) is 4.74 Å². The Morgan fingerprint density at radius 3 is 1.66 bits per heavy atom. The summed E-state index contributed by atoms with van der Waals surface area (Å²) in [6.45, 7) is 16.4. The van der Waals surface area contributed by atoms with Gasteiger partial charge >= 0.3 is 5.97 Å². The second kappa shape index (κ2) is 19.4. The van der Waals surface area contributed by atoms with E-state index < -0.39 is 59.0 Å². The number of benzene rings is 2. The highest BCUT2D eigenvalue weighted by atomic mass is 32.2. The second-order valence-electron chi connectivity index (χ2n) is 14.1. The van der Waals surface area contributed by atoms with Crippen LogP contribution in [0.1, 0.15) is 69.6 Å². The van der Waals surface area contributed by atoms with Crippen molar-refractivity contribution in [3.05, 3.63) is 83.5 Å². The molecule has 4 rings (SSSR count). The van der Waals surface area contributed by atoms with Crippen LogP contribution >= 0.6 is 0 Å². The molecule has 2 atom stereocenters. The summed E-state index contributed by atoms with van der Waals surface area (Å²) in [6.07, 6.45) is 4.64. The van der Waals surface area contributed by atoms with Crippen LogP contribution in [0, 0.1) is 0 Å². The summed E-state index contributed by atoms with van der Waals surface area (Å²) in [6, 6.07) is 4.10. The third kappa shape index (κ3) is 11.4. The van der Waals surface area contributed by atoms with Gasteiger partial charge in [-0.2, -0.15) is 0 Å². The molecule has 0 fully saturated rings. The highest BCUT2D eigenvalue weighted by Crippen LogP contribution is 2.50. The summed E-state index contributed by atoms with van der Waals surface area (Å²) in [7, 11) is -13.2. The van der Waals surface area contributed by atoms with E-state index in [1.165, 1.54) is 51.1 Å². The maximum absolute atomic E-state index is 14.1. The predicted molar refractivity (Wildman–Crippen MR) is 225 cm³/mol. The molecule has 3 amide bonds. The molecule has 59 heavy (non-hydrogen) atoms. The van der Waals surface area contributed by atoms with E-state index >= 15 is 0 Å². The molecule has 2 unspecified atom stereocenters. The smallest absolute Gasteiger partial charge is 0.308 e. The van der Waals surface area contributed by atoms with Gasteiger partial charge in [0.05, 0.1) is 9.80 Å². The summed E-state index contributed by atoms with van der Waals surface area (Å²) in [5.41, 5.74) is 1.21. The number of hydrogen-bond donors (Lipinski definition) is 6. The number of esters is 1. The Kier molecular flexibility index (Phi) is 15.3.